The number of esters is 1. The monoisotopic (exact) mass is 361 g/mol. The number of hydrogen-bond acceptors (Lipinski definition) is 6. The summed E-state index contributed by atoms with van der Waals surface area (Å²) in [5.74, 6) is -1.73. The molecule has 2 rings (SSSR count). The summed E-state index contributed by atoms with van der Waals surface area (Å²) in [6.07, 6.45) is 0. The average Bonchev–Trinajstić information content (AvgIpc) is 2.60. The highest BCUT2D eigenvalue weighted by atomic mass is 32.2. The predicted molar refractivity (Wildman–Crippen MR) is 88.9 cm³/mol. The maximum Gasteiger partial charge on any atom is 0.337 e. The number of amides is 1. The number of carbonyl (C=O) groups excluding carboxylic acids is 3. The number of Topliss-reactive ketones (excluding diaryl/α,β-unsaturated/α-hetero) is 1. The Bertz CT molecular complexity index is 932. The van der Waals surface area contributed by atoms with Gasteiger partial charge in [0.25, 0.3) is 15.9 Å². The first kappa shape index (κ1) is 18.3. The van der Waals surface area contributed by atoms with Crippen molar-refractivity contribution < 1.29 is 27.5 Å². The fraction of sp³-hybridized carbons (Fsp3) is 0.118. The third kappa shape index (κ3) is 4.30. The molecule has 0 saturated heterocycles. The van der Waals surface area contributed by atoms with Gasteiger partial charge in [-0.15, -0.1) is 0 Å². The van der Waals surface area contributed by atoms with E-state index in [9.17, 15) is 22.8 Å². The summed E-state index contributed by atoms with van der Waals surface area (Å²) in [6.45, 7) is 1.36. The fourth-order valence-corrected chi connectivity index (χ4v) is 2.99. The molecule has 8 heteroatoms. The molecule has 0 aliphatic heterocycles. The van der Waals surface area contributed by atoms with Crippen molar-refractivity contribution >= 4 is 27.7 Å². The SMILES string of the molecule is COC(=O)c1cccc(C(=O)NS(=O)(=O)c2ccc(C(C)=O)cc2)c1. The molecule has 0 aromatic heterocycles. The van der Waals surface area contributed by atoms with Gasteiger partial charge in [0.2, 0.25) is 0 Å². The Balaban J connectivity index is 2.24. The fourth-order valence-electron chi connectivity index (χ4n) is 2.01. The molecule has 0 fully saturated rings. The van der Waals surface area contributed by atoms with Crippen molar-refractivity contribution in [1.29, 1.82) is 0 Å². The van der Waals surface area contributed by atoms with E-state index >= 15 is 0 Å². The van der Waals surface area contributed by atoms with E-state index in [4.69, 9.17) is 0 Å². The van der Waals surface area contributed by atoms with Gasteiger partial charge in [-0.2, -0.15) is 0 Å². The first-order valence-electron chi connectivity index (χ1n) is 7.11. The molecular formula is C17H15NO6S. The highest BCUT2D eigenvalue weighted by Crippen LogP contribution is 2.13. The van der Waals surface area contributed by atoms with Crippen LogP contribution in [0.1, 0.15) is 38.0 Å². The molecule has 25 heavy (non-hydrogen) atoms. The number of nitrogens with one attached hydrogen (secondary N) is 1. The minimum absolute atomic E-state index is 0.00756. The van der Waals surface area contributed by atoms with Crippen molar-refractivity contribution in [3.63, 3.8) is 0 Å². The zero-order chi connectivity index (χ0) is 18.6. The Morgan fingerprint density at radius 2 is 1.52 bits per heavy atom. The van der Waals surface area contributed by atoms with Crippen molar-refractivity contribution in [2.24, 2.45) is 0 Å². The largest absolute Gasteiger partial charge is 0.465 e. The third-order valence-corrected chi connectivity index (χ3v) is 4.69. The Morgan fingerprint density at radius 3 is 2.08 bits per heavy atom. The summed E-state index contributed by atoms with van der Waals surface area (Å²) in [7, 11) is -2.92. The van der Waals surface area contributed by atoms with E-state index in [1.54, 1.807) is 0 Å². The molecule has 1 N–H and O–H groups in total. The molecular weight excluding hydrogens is 346 g/mol. The second-order valence-corrected chi connectivity index (χ2v) is 6.77. The van der Waals surface area contributed by atoms with Crippen LogP contribution in [0.5, 0.6) is 0 Å². The van der Waals surface area contributed by atoms with Crippen LogP contribution in [0.25, 0.3) is 0 Å². The lowest BCUT2D eigenvalue weighted by molar-refractivity contribution is 0.0600. The van der Waals surface area contributed by atoms with Crippen LogP contribution in [0.15, 0.2) is 53.4 Å². The summed E-state index contributed by atoms with van der Waals surface area (Å²) in [5, 5.41) is 0. The van der Waals surface area contributed by atoms with Gasteiger partial charge in [0.05, 0.1) is 17.6 Å². The normalized spacial score (nSPS) is 10.8. The summed E-state index contributed by atoms with van der Waals surface area (Å²) >= 11 is 0. The molecule has 0 aliphatic rings. The maximum atomic E-state index is 12.3. The molecule has 0 saturated carbocycles. The van der Waals surface area contributed by atoms with Crippen LogP contribution in [0.2, 0.25) is 0 Å². The lowest BCUT2D eigenvalue weighted by atomic mass is 10.1. The van der Waals surface area contributed by atoms with Gasteiger partial charge in [-0.25, -0.2) is 17.9 Å². The standard InChI is InChI=1S/C17H15NO6S/c1-11(19)12-6-8-15(9-7-12)25(22,23)18-16(20)13-4-3-5-14(10-13)17(21)24-2/h3-10H,1-2H3,(H,18,20). The van der Waals surface area contributed by atoms with Crippen LogP contribution in [0, 0.1) is 0 Å². The van der Waals surface area contributed by atoms with E-state index in [1.165, 1.54) is 62.6 Å². The van der Waals surface area contributed by atoms with Gasteiger partial charge in [-0.1, -0.05) is 18.2 Å². The zero-order valence-corrected chi connectivity index (χ0v) is 14.3. The van der Waals surface area contributed by atoms with Crippen LogP contribution in [-0.4, -0.2) is 33.2 Å². The van der Waals surface area contributed by atoms with Gasteiger partial charge in [0, 0.05) is 11.1 Å². The molecule has 2 aromatic rings. The minimum Gasteiger partial charge on any atom is -0.465 e. The Labute approximate surface area is 144 Å². The summed E-state index contributed by atoms with van der Waals surface area (Å²) in [4.78, 5) is 34.7. The number of methoxy groups -OCH3 is 1. The number of ether oxygens (including phenoxy) is 1. The highest BCUT2D eigenvalue weighted by Gasteiger charge is 2.20. The van der Waals surface area contributed by atoms with Gasteiger partial charge in [-0.3, -0.25) is 9.59 Å². The van der Waals surface area contributed by atoms with E-state index < -0.39 is 21.9 Å². The summed E-state index contributed by atoms with van der Waals surface area (Å²) < 4.78 is 31.0. The number of benzene rings is 2. The molecule has 0 heterocycles. The summed E-state index contributed by atoms with van der Waals surface area (Å²) in [6, 6.07) is 10.7. The van der Waals surface area contributed by atoms with E-state index in [2.05, 4.69) is 4.74 Å². The number of hydrogen-bond donors (Lipinski definition) is 1. The van der Waals surface area contributed by atoms with Crippen molar-refractivity contribution in [2.45, 2.75) is 11.8 Å². The van der Waals surface area contributed by atoms with Crippen LogP contribution in [0.4, 0.5) is 0 Å². The topological polar surface area (TPSA) is 107 Å². The van der Waals surface area contributed by atoms with E-state index in [-0.39, 0.29) is 21.8 Å². The molecule has 130 valence electrons. The smallest absolute Gasteiger partial charge is 0.337 e. The molecule has 0 aliphatic carbocycles. The van der Waals surface area contributed by atoms with E-state index in [0.29, 0.717) is 5.56 Å². The summed E-state index contributed by atoms with van der Waals surface area (Å²) in [5.41, 5.74) is 0.473. The first-order valence-corrected chi connectivity index (χ1v) is 8.59. The van der Waals surface area contributed by atoms with E-state index in [1.807, 2.05) is 4.72 Å². The number of rotatable bonds is 5. The molecule has 0 bridgehead atoms. The average molecular weight is 361 g/mol. The maximum absolute atomic E-state index is 12.3. The van der Waals surface area contributed by atoms with Gasteiger partial charge >= 0.3 is 5.97 Å². The second kappa shape index (κ2) is 7.27. The molecule has 0 atom stereocenters. The molecule has 0 spiro atoms. The Hall–Kier alpha value is -3.00. The Morgan fingerprint density at radius 1 is 0.920 bits per heavy atom. The lowest BCUT2D eigenvalue weighted by Crippen LogP contribution is -2.30. The van der Waals surface area contributed by atoms with Crippen molar-refractivity contribution in [3.8, 4) is 0 Å². The number of sulfonamides is 1. The Kier molecular flexibility index (Phi) is 5.33. The van der Waals surface area contributed by atoms with Crippen LogP contribution in [-0.2, 0) is 14.8 Å². The van der Waals surface area contributed by atoms with Gasteiger partial charge in [-0.05, 0) is 37.3 Å². The number of ketones is 1. The van der Waals surface area contributed by atoms with Crippen molar-refractivity contribution in [3.05, 3.63) is 65.2 Å². The van der Waals surface area contributed by atoms with E-state index in [0.717, 1.165) is 0 Å². The number of carbonyl (C=O) groups is 3. The molecule has 1 amide bonds. The van der Waals surface area contributed by atoms with Gasteiger partial charge < -0.3 is 4.74 Å². The van der Waals surface area contributed by atoms with Crippen LogP contribution >= 0.6 is 0 Å². The lowest BCUT2D eigenvalue weighted by Gasteiger charge is -2.08. The minimum atomic E-state index is -4.12. The zero-order valence-electron chi connectivity index (χ0n) is 13.5. The van der Waals surface area contributed by atoms with Gasteiger partial charge in [0.1, 0.15) is 0 Å². The predicted octanol–water partition coefficient (Wildman–Crippen LogP) is 1.79. The molecule has 0 unspecified atom stereocenters. The second-order valence-electron chi connectivity index (χ2n) is 5.09. The van der Waals surface area contributed by atoms with Crippen molar-refractivity contribution in [2.75, 3.05) is 7.11 Å². The van der Waals surface area contributed by atoms with Crippen LogP contribution < -0.4 is 4.72 Å². The first-order chi connectivity index (χ1) is 11.7. The molecule has 7 nitrogen and oxygen atoms in total. The van der Waals surface area contributed by atoms with Crippen molar-refractivity contribution in [1.82, 2.24) is 4.72 Å². The molecule has 0 radical (unpaired) electrons. The highest BCUT2D eigenvalue weighted by molar-refractivity contribution is 7.90. The van der Waals surface area contributed by atoms with Gasteiger partial charge in [0.15, 0.2) is 5.78 Å². The third-order valence-electron chi connectivity index (χ3n) is 3.34. The molecule has 2 aromatic carbocycles. The van der Waals surface area contributed by atoms with Crippen LogP contribution in [0.3, 0.4) is 0 Å². The quantitative estimate of drug-likeness (QED) is 0.643.